The van der Waals surface area contributed by atoms with Crippen LogP contribution in [0.25, 0.3) is 0 Å². The third-order valence-electron chi connectivity index (χ3n) is 2.94. The monoisotopic (exact) mass is 437 g/mol. The van der Waals surface area contributed by atoms with E-state index in [1.54, 1.807) is 0 Å². The van der Waals surface area contributed by atoms with Crippen molar-refractivity contribution in [1.82, 2.24) is 10.6 Å². The second kappa shape index (κ2) is 12.4. The van der Waals surface area contributed by atoms with Crippen LogP contribution in [0.1, 0.15) is 38.3 Å². The summed E-state index contributed by atoms with van der Waals surface area (Å²) < 4.78 is 18.0. The second-order valence-electron chi connectivity index (χ2n) is 5.44. The van der Waals surface area contributed by atoms with Crippen LogP contribution < -0.4 is 15.4 Å². The number of alkyl halides is 1. The molecule has 0 unspecified atom stereocenters. The molecule has 0 fully saturated rings. The summed E-state index contributed by atoms with van der Waals surface area (Å²) in [6.45, 7) is 9.62. The van der Waals surface area contributed by atoms with Crippen molar-refractivity contribution < 1.29 is 9.13 Å². The molecule has 0 bridgehead atoms. The van der Waals surface area contributed by atoms with E-state index in [4.69, 9.17) is 4.74 Å². The van der Waals surface area contributed by atoms with Gasteiger partial charge in [-0.05, 0) is 45.7 Å². The van der Waals surface area contributed by atoms with Crippen molar-refractivity contribution in [1.29, 1.82) is 0 Å². The summed E-state index contributed by atoms with van der Waals surface area (Å²) in [6.07, 6.45) is 0.608. The molecule has 0 aliphatic carbocycles. The first kappa shape index (κ1) is 21.9. The molecular weight excluding hydrogens is 408 g/mol. The van der Waals surface area contributed by atoms with E-state index < -0.39 is 0 Å². The van der Waals surface area contributed by atoms with Crippen molar-refractivity contribution in [2.45, 2.75) is 46.8 Å². The lowest BCUT2D eigenvalue weighted by Crippen LogP contribution is -2.37. The largest absolute Gasteiger partial charge is 0.491 e. The van der Waals surface area contributed by atoms with E-state index in [0.29, 0.717) is 25.5 Å². The van der Waals surface area contributed by atoms with Gasteiger partial charge in [-0.1, -0.05) is 12.1 Å². The molecule has 1 aromatic rings. The molecule has 0 saturated heterocycles. The van der Waals surface area contributed by atoms with Gasteiger partial charge in [0.15, 0.2) is 5.96 Å². The Morgan fingerprint density at radius 3 is 2.65 bits per heavy atom. The van der Waals surface area contributed by atoms with Crippen molar-refractivity contribution >= 4 is 29.9 Å². The number of rotatable bonds is 8. The number of hydrogen-bond donors (Lipinski definition) is 2. The van der Waals surface area contributed by atoms with Crippen LogP contribution in [0, 0.1) is 6.92 Å². The van der Waals surface area contributed by atoms with Crippen LogP contribution in [-0.4, -0.2) is 31.8 Å². The third kappa shape index (κ3) is 8.98. The Bertz CT molecular complexity index is 481. The summed E-state index contributed by atoms with van der Waals surface area (Å²) in [5.74, 6) is 1.57. The average molecular weight is 437 g/mol. The Labute approximate surface area is 156 Å². The molecule has 0 aliphatic heterocycles. The van der Waals surface area contributed by atoms with E-state index in [-0.39, 0.29) is 36.8 Å². The number of aryl methyl sites for hydroxylation is 1. The van der Waals surface area contributed by atoms with Gasteiger partial charge in [-0.2, -0.15) is 0 Å². The van der Waals surface area contributed by atoms with Gasteiger partial charge < -0.3 is 15.4 Å². The summed E-state index contributed by atoms with van der Waals surface area (Å²) in [4.78, 5) is 4.55. The highest BCUT2D eigenvalue weighted by Crippen LogP contribution is 2.22. The number of guanidine groups is 1. The number of hydrogen-bond acceptors (Lipinski definition) is 2. The van der Waals surface area contributed by atoms with Gasteiger partial charge in [-0.3, -0.25) is 4.39 Å². The number of nitrogens with one attached hydrogen (secondary N) is 2. The Hall–Kier alpha value is -1.05. The molecule has 0 aromatic heterocycles. The van der Waals surface area contributed by atoms with E-state index in [1.165, 1.54) is 0 Å². The minimum absolute atomic E-state index is 0. The lowest BCUT2D eigenvalue weighted by atomic mass is 10.1. The fourth-order valence-electron chi connectivity index (χ4n) is 1.94. The molecule has 23 heavy (non-hydrogen) atoms. The minimum atomic E-state index is -0.323. The van der Waals surface area contributed by atoms with Gasteiger partial charge in [0.2, 0.25) is 0 Å². The summed E-state index contributed by atoms with van der Waals surface area (Å²) in [7, 11) is 0. The molecule has 6 heteroatoms. The molecule has 4 nitrogen and oxygen atoms in total. The lowest BCUT2D eigenvalue weighted by Gasteiger charge is -2.15. The first-order chi connectivity index (χ1) is 10.6. The molecule has 2 N–H and O–H groups in total. The van der Waals surface area contributed by atoms with Gasteiger partial charge in [0.25, 0.3) is 0 Å². The lowest BCUT2D eigenvalue weighted by molar-refractivity contribution is 0.240. The normalized spacial score (nSPS) is 11.1. The Kier molecular flexibility index (Phi) is 11.8. The number of ether oxygens (including phenoxy) is 1. The topological polar surface area (TPSA) is 45.7 Å². The Morgan fingerprint density at radius 1 is 1.30 bits per heavy atom. The maximum Gasteiger partial charge on any atom is 0.191 e. The average Bonchev–Trinajstić information content (AvgIpc) is 2.46. The molecule has 0 spiro atoms. The molecule has 0 radical (unpaired) electrons. The smallest absolute Gasteiger partial charge is 0.191 e. The van der Waals surface area contributed by atoms with Gasteiger partial charge in [-0.15, -0.1) is 24.0 Å². The number of halogens is 2. The third-order valence-corrected chi connectivity index (χ3v) is 2.94. The summed E-state index contributed by atoms with van der Waals surface area (Å²) in [5, 5.41) is 6.28. The summed E-state index contributed by atoms with van der Waals surface area (Å²) in [5.41, 5.74) is 2.21. The zero-order valence-electron chi connectivity index (χ0n) is 14.5. The van der Waals surface area contributed by atoms with Crippen molar-refractivity contribution in [2.75, 3.05) is 19.8 Å². The standard InChI is InChI=1S/C17H28FN3O.HI/c1-5-19-17(20-10-6-9-18)21-12-15-8-7-14(4)11-16(15)22-13(2)3;/h7-8,11,13H,5-6,9-10,12H2,1-4H3,(H2,19,20,21);1H. The van der Waals surface area contributed by atoms with Crippen LogP contribution in [0.15, 0.2) is 23.2 Å². The van der Waals surface area contributed by atoms with E-state index in [9.17, 15) is 4.39 Å². The molecule has 132 valence electrons. The maximum absolute atomic E-state index is 12.2. The van der Waals surface area contributed by atoms with Gasteiger partial charge in [0.1, 0.15) is 5.75 Å². The molecule has 0 saturated carbocycles. The first-order valence-corrected chi connectivity index (χ1v) is 7.91. The first-order valence-electron chi connectivity index (χ1n) is 7.91. The summed E-state index contributed by atoms with van der Waals surface area (Å²) in [6, 6.07) is 6.14. The zero-order chi connectivity index (χ0) is 16.4. The van der Waals surface area contributed by atoms with E-state index in [2.05, 4.69) is 21.7 Å². The number of aliphatic imine (C=N–C) groups is 1. The van der Waals surface area contributed by atoms with Gasteiger partial charge in [-0.25, -0.2) is 4.99 Å². The maximum atomic E-state index is 12.2. The second-order valence-corrected chi connectivity index (χ2v) is 5.44. The molecule has 0 amide bonds. The summed E-state index contributed by atoms with van der Waals surface area (Å²) >= 11 is 0. The minimum Gasteiger partial charge on any atom is -0.491 e. The highest BCUT2D eigenvalue weighted by molar-refractivity contribution is 14.0. The highest BCUT2D eigenvalue weighted by atomic mass is 127. The predicted molar refractivity (Wildman–Crippen MR) is 106 cm³/mol. The van der Waals surface area contributed by atoms with Crippen molar-refractivity contribution in [3.8, 4) is 5.75 Å². The fourth-order valence-corrected chi connectivity index (χ4v) is 1.94. The van der Waals surface area contributed by atoms with E-state index >= 15 is 0 Å². The molecule has 0 heterocycles. The van der Waals surface area contributed by atoms with Crippen LogP contribution in [-0.2, 0) is 6.54 Å². The Balaban J connectivity index is 0.00000484. The predicted octanol–water partition coefficient (Wildman–Crippen LogP) is 3.81. The molecular formula is C17H29FIN3O. The van der Waals surface area contributed by atoms with E-state index in [1.807, 2.05) is 39.8 Å². The fraction of sp³-hybridized carbons (Fsp3) is 0.588. The van der Waals surface area contributed by atoms with Crippen LogP contribution in [0.5, 0.6) is 5.75 Å². The molecule has 0 atom stereocenters. The van der Waals surface area contributed by atoms with Crippen LogP contribution in [0.3, 0.4) is 0 Å². The van der Waals surface area contributed by atoms with Gasteiger partial charge >= 0.3 is 0 Å². The Morgan fingerprint density at radius 2 is 2.04 bits per heavy atom. The van der Waals surface area contributed by atoms with Crippen LogP contribution >= 0.6 is 24.0 Å². The molecule has 0 aliphatic rings. The quantitative estimate of drug-likeness (QED) is 0.282. The van der Waals surface area contributed by atoms with E-state index in [0.717, 1.165) is 23.4 Å². The van der Waals surface area contributed by atoms with Crippen LogP contribution in [0.4, 0.5) is 4.39 Å². The SMILES string of the molecule is CCNC(=NCc1ccc(C)cc1OC(C)C)NCCCF.I. The molecule has 1 aromatic carbocycles. The molecule has 1 rings (SSSR count). The zero-order valence-corrected chi connectivity index (χ0v) is 16.8. The van der Waals surface area contributed by atoms with Crippen molar-refractivity contribution in [2.24, 2.45) is 4.99 Å². The highest BCUT2D eigenvalue weighted by Gasteiger charge is 2.06. The number of nitrogens with zero attached hydrogens (tertiary/aromatic N) is 1. The number of benzene rings is 1. The van der Waals surface area contributed by atoms with Crippen molar-refractivity contribution in [3.63, 3.8) is 0 Å². The van der Waals surface area contributed by atoms with Gasteiger partial charge in [0.05, 0.1) is 19.3 Å². The van der Waals surface area contributed by atoms with Gasteiger partial charge in [0, 0.05) is 18.7 Å². The van der Waals surface area contributed by atoms with Crippen molar-refractivity contribution in [3.05, 3.63) is 29.3 Å². The van der Waals surface area contributed by atoms with Crippen LogP contribution in [0.2, 0.25) is 0 Å².